The lowest BCUT2D eigenvalue weighted by Crippen LogP contribution is -2.25. The van der Waals surface area contributed by atoms with Crippen molar-refractivity contribution in [1.29, 1.82) is 0 Å². The number of imidazole rings is 1. The smallest absolute Gasteiger partial charge is 0.248 e. The molecule has 132 valence electrons. The van der Waals surface area contributed by atoms with E-state index in [-0.39, 0.29) is 11.8 Å². The number of hydrogen-bond acceptors (Lipinski definition) is 4. The van der Waals surface area contributed by atoms with Gasteiger partial charge in [-0.05, 0) is 36.3 Å². The maximum atomic E-state index is 12.2. The third-order valence-electron chi connectivity index (χ3n) is 4.27. The standard InChI is InChI=1S/C18H15ClN4O2S/c1-11(24)22-7-6-12-10-13(2-3-14(12)22)20-16(25)5-4-15-17(19)21-18-23(15)8-9-26-18/h2-5,8-10H,6-7H2,1H3,(H,20,25)/b5-4+. The zero-order valence-corrected chi connectivity index (χ0v) is 15.5. The molecule has 3 heterocycles. The first-order valence-corrected chi connectivity index (χ1v) is 9.30. The van der Waals surface area contributed by atoms with Crippen LogP contribution in [-0.4, -0.2) is 27.7 Å². The Balaban J connectivity index is 1.50. The number of rotatable bonds is 3. The molecule has 1 N–H and O–H groups in total. The Labute approximate surface area is 158 Å². The van der Waals surface area contributed by atoms with E-state index in [2.05, 4.69) is 10.3 Å². The van der Waals surface area contributed by atoms with Gasteiger partial charge < -0.3 is 10.2 Å². The number of carbonyl (C=O) groups is 2. The summed E-state index contributed by atoms with van der Waals surface area (Å²) in [7, 11) is 0. The van der Waals surface area contributed by atoms with Crippen LogP contribution in [0.2, 0.25) is 5.15 Å². The first-order valence-electron chi connectivity index (χ1n) is 8.04. The summed E-state index contributed by atoms with van der Waals surface area (Å²) in [4.78, 5) is 30.6. The van der Waals surface area contributed by atoms with Crippen LogP contribution >= 0.6 is 22.9 Å². The van der Waals surface area contributed by atoms with Crippen molar-refractivity contribution >= 4 is 57.2 Å². The summed E-state index contributed by atoms with van der Waals surface area (Å²) < 4.78 is 1.84. The molecule has 3 aromatic rings. The van der Waals surface area contributed by atoms with Crippen molar-refractivity contribution in [1.82, 2.24) is 9.38 Å². The fraction of sp³-hybridized carbons (Fsp3) is 0.167. The van der Waals surface area contributed by atoms with Gasteiger partial charge in [-0.15, -0.1) is 11.3 Å². The van der Waals surface area contributed by atoms with Crippen LogP contribution in [0.4, 0.5) is 11.4 Å². The number of anilines is 2. The van der Waals surface area contributed by atoms with Gasteiger partial charge in [0.25, 0.3) is 0 Å². The van der Waals surface area contributed by atoms with Crippen molar-refractivity contribution in [2.24, 2.45) is 0 Å². The Hall–Kier alpha value is -2.64. The van der Waals surface area contributed by atoms with Gasteiger partial charge in [0.05, 0.1) is 5.69 Å². The first-order chi connectivity index (χ1) is 12.5. The van der Waals surface area contributed by atoms with Crippen LogP contribution in [-0.2, 0) is 16.0 Å². The normalized spacial score (nSPS) is 13.5. The van der Waals surface area contributed by atoms with Crippen LogP contribution in [0.5, 0.6) is 0 Å². The van der Waals surface area contributed by atoms with Crippen molar-refractivity contribution in [2.45, 2.75) is 13.3 Å². The number of thiazole rings is 1. The largest absolute Gasteiger partial charge is 0.323 e. The van der Waals surface area contributed by atoms with E-state index >= 15 is 0 Å². The minimum atomic E-state index is -0.257. The van der Waals surface area contributed by atoms with Gasteiger partial charge in [-0.25, -0.2) is 4.98 Å². The second-order valence-corrected chi connectivity index (χ2v) is 7.16. The summed E-state index contributed by atoms with van der Waals surface area (Å²) in [5.41, 5.74) is 3.34. The van der Waals surface area contributed by atoms with Gasteiger partial charge in [-0.2, -0.15) is 0 Å². The van der Waals surface area contributed by atoms with E-state index in [1.165, 1.54) is 17.4 Å². The predicted molar refractivity (Wildman–Crippen MR) is 104 cm³/mol. The summed E-state index contributed by atoms with van der Waals surface area (Å²) in [5.74, 6) is -0.228. The second-order valence-electron chi connectivity index (χ2n) is 5.93. The highest BCUT2D eigenvalue weighted by Gasteiger charge is 2.22. The molecule has 8 heteroatoms. The minimum absolute atomic E-state index is 0.0286. The molecular formula is C18H15ClN4O2S. The minimum Gasteiger partial charge on any atom is -0.323 e. The number of hydrogen-bond donors (Lipinski definition) is 1. The van der Waals surface area contributed by atoms with Gasteiger partial charge in [0.15, 0.2) is 10.1 Å². The summed E-state index contributed by atoms with van der Waals surface area (Å²) in [6, 6.07) is 5.58. The molecule has 1 aliphatic rings. The molecule has 0 atom stereocenters. The van der Waals surface area contributed by atoms with Crippen LogP contribution in [0.3, 0.4) is 0 Å². The lowest BCUT2D eigenvalue weighted by molar-refractivity contribution is -0.116. The number of carbonyl (C=O) groups excluding carboxylic acids is 2. The maximum absolute atomic E-state index is 12.2. The van der Waals surface area contributed by atoms with E-state index < -0.39 is 0 Å². The molecule has 0 aliphatic carbocycles. The maximum Gasteiger partial charge on any atom is 0.248 e. The average Bonchev–Trinajstić information content (AvgIpc) is 3.27. The second kappa shape index (κ2) is 6.59. The van der Waals surface area contributed by atoms with Crippen LogP contribution in [0.25, 0.3) is 11.0 Å². The van der Waals surface area contributed by atoms with Crippen molar-refractivity contribution in [3.63, 3.8) is 0 Å². The van der Waals surface area contributed by atoms with Crippen LogP contribution in [0, 0.1) is 0 Å². The molecule has 0 bridgehead atoms. The number of nitrogens with one attached hydrogen (secondary N) is 1. The molecule has 4 rings (SSSR count). The van der Waals surface area contributed by atoms with E-state index in [1.807, 2.05) is 28.1 Å². The zero-order valence-electron chi connectivity index (χ0n) is 13.9. The molecule has 6 nitrogen and oxygen atoms in total. The van der Waals surface area contributed by atoms with Crippen LogP contribution in [0.1, 0.15) is 18.2 Å². The van der Waals surface area contributed by atoms with Crippen LogP contribution < -0.4 is 10.2 Å². The molecule has 0 saturated carbocycles. The highest BCUT2D eigenvalue weighted by atomic mass is 35.5. The molecule has 1 aromatic carbocycles. The Kier molecular flexibility index (Phi) is 4.26. The summed E-state index contributed by atoms with van der Waals surface area (Å²) in [5, 5.41) is 5.11. The molecule has 2 amide bonds. The fourth-order valence-electron chi connectivity index (χ4n) is 3.07. The predicted octanol–water partition coefficient (Wildman–Crippen LogP) is 3.61. The summed E-state index contributed by atoms with van der Waals surface area (Å²) in [6.07, 6.45) is 5.73. The molecular weight excluding hydrogens is 372 g/mol. The van der Waals surface area contributed by atoms with Gasteiger partial charge >= 0.3 is 0 Å². The molecule has 0 radical (unpaired) electrons. The lowest BCUT2D eigenvalue weighted by Gasteiger charge is -2.14. The van der Waals surface area contributed by atoms with E-state index in [1.54, 1.807) is 24.0 Å². The number of fused-ring (bicyclic) bond motifs is 2. The fourth-order valence-corrected chi connectivity index (χ4v) is 4.08. The highest BCUT2D eigenvalue weighted by molar-refractivity contribution is 7.15. The van der Waals surface area contributed by atoms with Gasteiger partial charge in [-0.3, -0.25) is 14.0 Å². The van der Waals surface area contributed by atoms with Gasteiger partial charge in [0.2, 0.25) is 11.8 Å². The molecule has 2 aromatic heterocycles. The van der Waals surface area contributed by atoms with E-state index in [0.717, 1.165) is 22.6 Å². The third kappa shape index (κ3) is 3.00. The first kappa shape index (κ1) is 16.8. The molecule has 0 spiro atoms. The summed E-state index contributed by atoms with van der Waals surface area (Å²) >= 11 is 7.59. The monoisotopic (exact) mass is 386 g/mol. The lowest BCUT2D eigenvalue weighted by atomic mass is 10.1. The Morgan fingerprint density at radius 3 is 3.04 bits per heavy atom. The number of nitrogens with zero attached hydrogens (tertiary/aromatic N) is 3. The van der Waals surface area contributed by atoms with Crippen molar-refractivity contribution in [3.05, 3.63) is 52.3 Å². The van der Waals surface area contributed by atoms with E-state index in [0.29, 0.717) is 23.1 Å². The third-order valence-corrected chi connectivity index (χ3v) is 5.30. The Bertz CT molecular complexity index is 1050. The van der Waals surface area contributed by atoms with Crippen molar-refractivity contribution < 1.29 is 9.59 Å². The number of benzene rings is 1. The molecule has 0 unspecified atom stereocenters. The SMILES string of the molecule is CC(=O)N1CCc2cc(NC(=O)/C=C/c3c(Cl)nc4sccn34)ccc21. The quantitative estimate of drug-likeness (QED) is 0.699. The molecule has 0 saturated heterocycles. The highest BCUT2D eigenvalue weighted by Crippen LogP contribution is 2.30. The van der Waals surface area contributed by atoms with E-state index in [4.69, 9.17) is 11.6 Å². The Morgan fingerprint density at radius 2 is 2.23 bits per heavy atom. The molecule has 0 fully saturated rings. The topological polar surface area (TPSA) is 66.7 Å². The summed E-state index contributed by atoms with van der Waals surface area (Å²) in [6.45, 7) is 2.24. The van der Waals surface area contributed by atoms with Crippen LogP contribution in [0.15, 0.2) is 35.9 Å². The van der Waals surface area contributed by atoms with Gasteiger partial charge in [-0.1, -0.05) is 11.6 Å². The molecule has 26 heavy (non-hydrogen) atoms. The van der Waals surface area contributed by atoms with Gasteiger partial charge in [0, 0.05) is 42.5 Å². The van der Waals surface area contributed by atoms with E-state index in [9.17, 15) is 9.59 Å². The zero-order chi connectivity index (χ0) is 18.3. The molecule has 1 aliphatic heterocycles. The number of amides is 2. The number of aromatic nitrogens is 2. The average molecular weight is 387 g/mol. The number of halogens is 1. The van der Waals surface area contributed by atoms with Crippen molar-refractivity contribution in [3.8, 4) is 0 Å². The van der Waals surface area contributed by atoms with Gasteiger partial charge in [0.1, 0.15) is 0 Å². The Morgan fingerprint density at radius 1 is 1.38 bits per heavy atom. The van der Waals surface area contributed by atoms with Crippen molar-refractivity contribution in [2.75, 3.05) is 16.8 Å².